The van der Waals surface area contributed by atoms with Crippen LogP contribution in [0.5, 0.6) is 0 Å². The molecule has 41 heavy (non-hydrogen) atoms. The van der Waals surface area contributed by atoms with Gasteiger partial charge < -0.3 is 4.42 Å². The fourth-order valence-electron chi connectivity index (χ4n) is 8.20. The van der Waals surface area contributed by atoms with Gasteiger partial charge in [-0.05, 0) is 58.6 Å². The Labute approximate surface area is 234 Å². The molecule has 0 N–H and O–H groups in total. The van der Waals surface area contributed by atoms with E-state index in [1.807, 2.05) is 0 Å². The summed E-state index contributed by atoms with van der Waals surface area (Å²) in [7, 11) is 0. The van der Waals surface area contributed by atoms with Crippen molar-refractivity contribution < 1.29 is 4.42 Å². The zero-order valence-corrected chi connectivity index (χ0v) is 22.3. The minimum absolute atomic E-state index is 0.173. The molecule has 0 fully saturated rings. The number of hydrogen-bond acceptors (Lipinski definition) is 1. The van der Waals surface area contributed by atoms with Gasteiger partial charge in [0, 0.05) is 32.8 Å². The standard InChI is InChI=1S/C37H21BN2O/c1-20-17-26-33-27(16-15-25-24-9-4-5-12-31(24)41-37(25)33)38-28-10-6-11-29-36(28)40(30(18-20)34(26)38)32-19-22-14-13-21-7-2-3-8-23(21)35(22)39(29)32/h2-19H,1H3. The molecule has 0 bridgehead atoms. The summed E-state index contributed by atoms with van der Waals surface area (Å²) in [6.45, 7) is 2.40. The number of aromatic nitrogens is 2. The maximum atomic E-state index is 6.62. The summed E-state index contributed by atoms with van der Waals surface area (Å²) in [5.74, 6) is 0. The Kier molecular flexibility index (Phi) is 3.39. The zero-order valence-electron chi connectivity index (χ0n) is 22.3. The molecule has 9 aromatic rings. The molecule has 2 aliphatic heterocycles. The third-order valence-corrected chi connectivity index (χ3v) is 9.71. The fraction of sp³-hybridized carbons (Fsp3) is 0.0270. The van der Waals surface area contributed by atoms with Gasteiger partial charge in [0.1, 0.15) is 16.8 Å². The van der Waals surface area contributed by atoms with Gasteiger partial charge in [-0.1, -0.05) is 90.4 Å². The van der Waals surface area contributed by atoms with Crippen LogP contribution < -0.4 is 16.4 Å². The Morgan fingerprint density at radius 1 is 0.659 bits per heavy atom. The fourth-order valence-corrected chi connectivity index (χ4v) is 8.20. The summed E-state index contributed by atoms with van der Waals surface area (Å²) in [5, 5.41) is 6.21. The lowest BCUT2D eigenvalue weighted by atomic mass is 9.37. The molecule has 0 saturated carbocycles. The summed E-state index contributed by atoms with van der Waals surface area (Å²) in [4.78, 5) is 0. The van der Waals surface area contributed by atoms with Crippen molar-refractivity contribution in [1.29, 1.82) is 0 Å². The van der Waals surface area contributed by atoms with Gasteiger partial charge >= 0.3 is 0 Å². The topological polar surface area (TPSA) is 22.5 Å². The summed E-state index contributed by atoms with van der Waals surface area (Å²) >= 11 is 0. The van der Waals surface area contributed by atoms with Gasteiger partial charge in [-0.25, -0.2) is 0 Å². The van der Waals surface area contributed by atoms with Crippen LogP contribution in [0.4, 0.5) is 0 Å². The number of para-hydroxylation sites is 2. The number of benzene rings is 6. The van der Waals surface area contributed by atoms with Gasteiger partial charge in [-0.15, -0.1) is 0 Å². The van der Waals surface area contributed by atoms with Crippen molar-refractivity contribution in [3.63, 3.8) is 0 Å². The van der Waals surface area contributed by atoms with Crippen molar-refractivity contribution in [2.45, 2.75) is 6.92 Å². The predicted octanol–water partition coefficient (Wildman–Crippen LogP) is 7.21. The quantitative estimate of drug-likeness (QED) is 0.194. The molecule has 0 amide bonds. The lowest BCUT2D eigenvalue weighted by Gasteiger charge is -2.24. The molecule has 3 nitrogen and oxygen atoms in total. The van der Waals surface area contributed by atoms with Crippen LogP contribution in [-0.4, -0.2) is 15.7 Å². The molecule has 0 spiro atoms. The summed E-state index contributed by atoms with van der Waals surface area (Å²) in [5.41, 5.74) is 16.3. The second-order valence-corrected chi connectivity index (χ2v) is 11.8. The van der Waals surface area contributed by atoms with Crippen molar-refractivity contribution >= 4 is 83.4 Å². The van der Waals surface area contributed by atoms with Crippen molar-refractivity contribution in [2.24, 2.45) is 0 Å². The normalized spacial score (nSPS) is 13.4. The van der Waals surface area contributed by atoms with E-state index in [1.165, 1.54) is 87.9 Å². The van der Waals surface area contributed by atoms with Crippen LogP contribution in [0.15, 0.2) is 114 Å². The Balaban J connectivity index is 1.35. The molecule has 6 aromatic carbocycles. The number of rotatable bonds is 0. The lowest BCUT2D eigenvalue weighted by Crippen LogP contribution is -2.53. The number of nitrogens with zero attached hydrogens (tertiary/aromatic N) is 2. The van der Waals surface area contributed by atoms with E-state index in [9.17, 15) is 0 Å². The predicted molar refractivity (Wildman–Crippen MR) is 171 cm³/mol. The molecule has 3 aromatic heterocycles. The average Bonchev–Trinajstić information content (AvgIpc) is 3.73. The Morgan fingerprint density at radius 3 is 2.46 bits per heavy atom. The van der Waals surface area contributed by atoms with E-state index in [2.05, 4.69) is 125 Å². The Hall–Kier alpha value is -5.22. The number of aryl methyl sites for hydroxylation is 1. The third-order valence-electron chi connectivity index (χ3n) is 9.71. The van der Waals surface area contributed by atoms with Gasteiger partial charge in [0.2, 0.25) is 6.71 Å². The van der Waals surface area contributed by atoms with E-state index in [4.69, 9.17) is 4.42 Å². The highest BCUT2D eigenvalue weighted by molar-refractivity contribution is 7.01. The monoisotopic (exact) mass is 520 g/mol. The van der Waals surface area contributed by atoms with Crippen molar-refractivity contribution in [3.05, 3.63) is 115 Å². The molecule has 0 aliphatic carbocycles. The first-order valence-electron chi connectivity index (χ1n) is 14.3. The lowest BCUT2D eigenvalue weighted by molar-refractivity contribution is 0.670. The third kappa shape index (κ3) is 2.25. The van der Waals surface area contributed by atoms with Crippen LogP contribution in [0.25, 0.3) is 77.1 Å². The van der Waals surface area contributed by atoms with Gasteiger partial charge in [-0.3, -0.25) is 8.97 Å². The van der Waals surface area contributed by atoms with E-state index >= 15 is 0 Å². The van der Waals surface area contributed by atoms with E-state index in [0.717, 1.165) is 11.2 Å². The van der Waals surface area contributed by atoms with Crippen molar-refractivity contribution in [3.8, 4) is 16.8 Å². The first-order chi connectivity index (χ1) is 20.3. The first-order valence-corrected chi connectivity index (χ1v) is 14.3. The molecule has 11 rings (SSSR count). The summed E-state index contributed by atoms with van der Waals surface area (Å²) in [6, 6.07) is 40.3. The second-order valence-electron chi connectivity index (χ2n) is 11.8. The number of furan rings is 1. The summed E-state index contributed by atoms with van der Waals surface area (Å²) < 4.78 is 11.6. The molecule has 2 aliphatic rings. The summed E-state index contributed by atoms with van der Waals surface area (Å²) in [6.07, 6.45) is 0. The molecular weight excluding hydrogens is 499 g/mol. The van der Waals surface area contributed by atoms with Crippen LogP contribution in [0.2, 0.25) is 0 Å². The molecule has 0 unspecified atom stereocenters. The Bertz CT molecular complexity index is 2670. The molecule has 0 saturated heterocycles. The van der Waals surface area contributed by atoms with Gasteiger partial charge in [0.15, 0.2) is 0 Å². The van der Waals surface area contributed by atoms with Crippen molar-refractivity contribution in [1.82, 2.24) is 8.97 Å². The SMILES string of the molecule is Cc1cc2c3c(c1)-n1c4c(cccc4n4c5c(ccc6ccccc65)cc14)B3c1ccc3c(oc4ccccc43)c1-2. The average molecular weight is 520 g/mol. The number of imidazole rings is 1. The minimum atomic E-state index is 0.173. The maximum Gasteiger partial charge on any atom is 0.248 e. The maximum absolute atomic E-state index is 6.62. The highest BCUT2D eigenvalue weighted by Gasteiger charge is 2.43. The van der Waals surface area contributed by atoms with E-state index in [-0.39, 0.29) is 6.71 Å². The first kappa shape index (κ1) is 20.7. The largest absolute Gasteiger partial charge is 0.455 e. The minimum Gasteiger partial charge on any atom is -0.455 e. The number of fused-ring (bicyclic) bond motifs is 16. The molecule has 188 valence electrons. The molecule has 0 radical (unpaired) electrons. The van der Waals surface area contributed by atoms with E-state index in [0.29, 0.717) is 0 Å². The van der Waals surface area contributed by atoms with Gasteiger partial charge in [0.05, 0.1) is 16.6 Å². The Morgan fingerprint density at radius 2 is 1.51 bits per heavy atom. The van der Waals surface area contributed by atoms with E-state index < -0.39 is 0 Å². The second kappa shape index (κ2) is 6.73. The highest BCUT2D eigenvalue weighted by atomic mass is 16.3. The van der Waals surface area contributed by atoms with Crippen LogP contribution in [0.1, 0.15) is 5.56 Å². The van der Waals surface area contributed by atoms with Crippen LogP contribution in [0.3, 0.4) is 0 Å². The van der Waals surface area contributed by atoms with Gasteiger partial charge in [0.25, 0.3) is 0 Å². The van der Waals surface area contributed by atoms with Gasteiger partial charge in [-0.2, -0.15) is 0 Å². The highest BCUT2D eigenvalue weighted by Crippen LogP contribution is 2.41. The van der Waals surface area contributed by atoms with E-state index in [1.54, 1.807) is 0 Å². The van der Waals surface area contributed by atoms with Crippen molar-refractivity contribution in [2.75, 3.05) is 0 Å². The van der Waals surface area contributed by atoms with Crippen LogP contribution >= 0.6 is 0 Å². The van der Waals surface area contributed by atoms with Crippen LogP contribution in [0, 0.1) is 6.92 Å². The molecule has 5 heterocycles. The molecule has 0 atom stereocenters. The number of hydrogen-bond donors (Lipinski definition) is 0. The smallest absolute Gasteiger partial charge is 0.248 e. The molecular formula is C37H21BN2O. The molecule has 4 heteroatoms. The zero-order chi connectivity index (χ0) is 26.6. The van der Waals surface area contributed by atoms with Crippen LogP contribution in [-0.2, 0) is 0 Å².